The quantitative estimate of drug-likeness (QED) is 0.713. The molecule has 1 N–H and O–H groups in total. The summed E-state index contributed by atoms with van der Waals surface area (Å²) in [6.07, 6.45) is 7.57. The molecule has 4 rings (SSSR count). The Balaban J connectivity index is 1.37. The van der Waals surface area contributed by atoms with Crippen molar-refractivity contribution in [3.05, 3.63) is 71.7 Å². The summed E-state index contributed by atoms with van der Waals surface area (Å²) in [7, 11) is -3.15. The van der Waals surface area contributed by atoms with Crippen molar-refractivity contribution in [2.75, 3.05) is 19.3 Å². The first-order valence-corrected chi connectivity index (χ1v) is 11.0. The SMILES string of the molecule is CS(=O)(=O)N1CCC(c2ccc(C(=O)NCc3ccn4ccnc4c3)cc2)C1. The normalized spacial score (nSPS) is 17.8. The van der Waals surface area contributed by atoms with Gasteiger partial charge in [-0.1, -0.05) is 12.1 Å². The van der Waals surface area contributed by atoms with Gasteiger partial charge < -0.3 is 9.72 Å². The summed E-state index contributed by atoms with van der Waals surface area (Å²) < 4.78 is 26.8. The van der Waals surface area contributed by atoms with Crippen LogP contribution in [0.1, 0.15) is 33.8 Å². The third-order valence-electron chi connectivity index (χ3n) is 5.18. The van der Waals surface area contributed by atoms with Crippen LogP contribution >= 0.6 is 0 Å². The Labute approximate surface area is 164 Å². The molecule has 1 atom stereocenters. The molecule has 3 heterocycles. The van der Waals surface area contributed by atoms with E-state index in [2.05, 4.69) is 10.3 Å². The van der Waals surface area contributed by atoms with Crippen molar-refractivity contribution in [2.24, 2.45) is 0 Å². The van der Waals surface area contributed by atoms with Crippen LogP contribution in [0.4, 0.5) is 0 Å². The summed E-state index contributed by atoms with van der Waals surface area (Å²) in [5, 5.41) is 2.92. The van der Waals surface area contributed by atoms with Gasteiger partial charge in [-0.05, 0) is 47.7 Å². The maximum absolute atomic E-state index is 12.4. The lowest BCUT2D eigenvalue weighted by molar-refractivity contribution is 0.0951. The number of aromatic nitrogens is 2. The number of rotatable bonds is 5. The smallest absolute Gasteiger partial charge is 0.251 e. The fourth-order valence-corrected chi connectivity index (χ4v) is 4.44. The van der Waals surface area contributed by atoms with E-state index in [1.165, 1.54) is 10.6 Å². The zero-order valence-corrected chi connectivity index (χ0v) is 16.4. The first-order chi connectivity index (χ1) is 13.4. The number of nitrogens with one attached hydrogen (secondary N) is 1. The Hall–Kier alpha value is -2.71. The third kappa shape index (κ3) is 3.93. The number of hydrogen-bond acceptors (Lipinski definition) is 4. The van der Waals surface area contributed by atoms with Crippen LogP contribution < -0.4 is 5.32 Å². The second kappa shape index (κ2) is 7.37. The van der Waals surface area contributed by atoms with E-state index in [0.29, 0.717) is 25.2 Å². The number of amides is 1. The van der Waals surface area contributed by atoms with Crippen LogP contribution in [0.3, 0.4) is 0 Å². The monoisotopic (exact) mass is 398 g/mol. The molecule has 0 saturated carbocycles. The lowest BCUT2D eigenvalue weighted by Gasteiger charge is -2.14. The zero-order chi connectivity index (χ0) is 19.7. The molecule has 2 aromatic heterocycles. The number of imidazole rings is 1. The lowest BCUT2D eigenvalue weighted by atomic mass is 9.97. The molecular weight excluding hydrogens is 376 g/mol. The van der Waals surface area contributed by atoms with Gasteiger partial charge in [-0.15, -0.1) is 0 Å². The molecule has 3 aromatic rings. The molecule has 0 radical (unpaired) electrons. The maximum atomic E-state index is 12.4. The summed E-state index contributed by atoms with van der Waals surface area (Å²) in [6, 6.07) is 11.3. The second-order valence-electron chi connectivity index (χ2n) is 7.14. The Bertz CT molecular complexity index is 1110. The van der Waals surface area contributed by atoms with E-state index < -0.39 is 10.0 Å². The fraction of sp³-hybridized carbons (Fsp3) is 0.300. The van der Waals surface area contributed by atoms with Crippen LogP contribution in [0.15, 0.2) is 55.0 Å². The molecule has 1 aliphatic rings. The molecule has 1 aliphatic heterocycles. The van der Waals surface area contributed by atoms with E-state index >= 15 is 0 Å². The Morgan fingerprint density at radius 3 is 2.71 bits per heavy atom. The van der Waals surface area contributed by atoms with Gasteiger partial charge >= 0.3 is 0 Å². The highest BCUT2D eigenvalue weighted by atomic mass is 32.2. The Kier molecular flexibility index (Phi) is 4.91. The first-order valence-electron chi connectivity index (χ1n) is 9.15. The standard InChI is InChI=1S/C20H22N4O3S/c1-28(26,27)24-10-7-18(14-24)16-2-4-17(5-3-16)20(25)22-13-15-6-9-23-11-8-21-19(23)12-15/h2-6,8-9,11-12,18H,7,10,13-14H2,1H3,(H,22,25). The van der Waals surface area contributed by atoms with Crippen LogP contribution in [0.5, 0.6) is 0 Å². The van der Waals surface area contributed by atoms with Crippen molar-refractivity contribution in [3.63, 3.8) is 0 Å². The number of fused-ring (bicyclic) bond motifs is 1. The molecule has 8 heteroatoms. The molecule has 0 bridgehead atoms. The van der Waals surface area contributed by atoms with Crippen LogP contribution in [0.2, 0.25) is 0 Å². The van der Waals surface area contributed by atoms with Gasteiger partial charge in [-0.25, -0.2) is 17.7 Å². The summed E-state index contributed by atoms with van der Waals surface area (Å²) in [5.41, 5.74) is 3.47. The zero-order valence-electron chi connectivity index (χ0n) is 15.6. The van der Waals surface area contributed by atoms with E-state index in [0.717, 1.165) is 23.2 Å². The second-order valence-corrected chi connectivity index (χ2v) is 9.12. The molecule has 0 aliphatic carbocycles. The highest BCUT2D eigenvalue weighted by Gasteiger charge is 2.29. The van der Waals surface area contributed by atoms with E-state index in [1.807, 2.05) is 41.1 Å². The largest absolute Gasteiger partial charge is 0.348 e. The van der Waals surface area contributed by atoms with E-state index in [1.54, 1.807) is 18.3 Å². The van der Waals surface area contributed by atoms with E-state index in [-0.39, 0.29) is 11.8 Å². The van der Waals surface area contributed by atoms with Gasteiger partial charge in [0.05, 0.1) is 6.26 Å². The van der Waals surface area contributed by atoms with Crippen molar-refractivity contribution in [1.82, 2.24) is 19.0 Å². The predicted molar refractivity (Wildman–Crippen MR) is 107 cm³/mol. The molecule has 1 fully saturated rings. The van der Waals surface area contributed by atoms with Gasteiger partial charge in [0.2, 0.25) is 10.0 Å². The molecule has 146 valence electrons. The lowest BCUT2D eigenvalue weighted by Crippen LogP contribution is -2.27. The molecule has 7 nitrogen and oxygen atoms in total. The number of benzene rings is 1. The molecule has 28 heavy (non-hydrogen) atoms. The fourth-order valence-electron chi connectivity index (χ4n) is 3.55. The van der Waals surface area contributed by atoms with E-state index in [4.69, 9.17) is 0 Å². The molecule has 1 saturated heterocycles. The summed E-state index contributed by atoms with van der Waals surface area (Å²) in [5.74, 6) is 0.0343. The number of hydrogen-bond donors (Lipinski definition) is 1. The van der Waals surface area contributed by atoms with Crippen molar-refractivity contribution >= 4 is 21.6 Å². The minimum Gasteiger partial charge on any atom is -0.348 e. The van der Waals surface area contributed by atoms with Crippen molar-refractivity contribution < 1.29 is 13.2 Å². The maximum Gasteiger partial charge on any atom is 0.251 e. The first kappa shape index (κ1) is 18.6. The van der Waals surface area contributed by atoms with Crippen LogP contribution in [-0.2, 0) is 16.6 Å². The van der Waals surface area contributed by atoms with Crippen LogP contribution in [0.25, 0.3) is 5.65 Å². The number of nitrogens with zero attached hydrogens (tertiary/aromatic N) is 3. The minimum absolute atomic E-state index is 0.140. The van der Waals surface area contributed by atoms with Crippen LogP contribution in [0, 0.1) is 0 Å². The molecule has 0 spiro atoms. The highest BCUT2D eigenvalue weighted by molar-refractivity contribution is 7.88. The molecule has 1 aromatic carbocycles. The van der Waals surface area contributed by atoms with Crippen molar-refractivity contribution in [3.8, 4) is 0 Å². The van der Waals surface area contributed by atoms with Gasteiger partial charge in [0.1, 0.15) is 5.65 Å². The van der Waals surface area contributed by atoms with E-state index in [9.17, 15) is 13.2 Å². The minimum atomic E-state index is -3.15. The van der Waals surface area contributed by atoms with Crippen LogP contribution in [-0.4, -0.2) is 47.4 Å². The van der Waals surface area contributed by atoms with Gasteiger partial charge in [0, 0.05) is 43.8 Å². The molecular formula is C20H22N4O3S. The predicted octanol–water partition coefficient (Wildman–Crippen LogP) is 2.01. The topological polar surface area (TPSA) is 83.8 Å². The summed E-state index contributed by atoms with van der Waals surface area (Å²) >= 11 is 0. The molecule has 1 amide bonds. The average Bonchev–Trinajstić information content (AvgIpc) is 3.35. The highest BCUT2D eigenvalue weighted by Crippen LogP contribution is 2.28. The Morgan fingerprint density at radius 2 is 2.00 bits per heavy atom. The van der Waals surface area contributed by atoms with Crippen molar-refractivity contribution in [1.29, 1.82) is 0 Å². The van der Waals surface area contributed by atoms with Gasteiger partial charge in [0.25, 0.3) is 5.91 Å². The average molecular weight is 398 g/mol. The third-order valence-corrected chi connectivity index (χ3v) is 6.45. The van der Waals surface area contributed by atoms with Gasteiger partial charge in [0.15, 0.2) is 0 Å². The summed E-state index contributed by atoms with van der Waals surface area (Å²) in [4.78, 5) is 16.7. The van der Waals surface area contributed by atoms with Gasteiger partial charge in [-0.2, -0.15) is 0 Å². The number of pyridine rings is 1. The van der Waals surface area contributed by atoms with Crippen molar-refractivity contribution in [2.45, 2.75) is 18.9 Å². The number of carbonyl (C=O) groups excluding carboxylic acids is 1. The number of carbonyl (C=O) groups is 1. The van der Waals surface area contributed by atoms with Gasteiger partial charge in [-0.3, -0.25) is 4.79 Å². The number of sulfonamides is 1. The Morgan fingerprint density at radius 1 is 1.21 bits per heavy atom. The molecule has 1 unspecified atom stereocenters. The summed E-state index contributed by atoms with van der Waals surface area (Å²) in [6.45, 7) is 1.48.